The van der Waals surface area contributed by atoms with E-state index in [1.165, 1.54) is 0 Å². The average Bonchev–Trinajstić information content (AvgIpc) is 2.18. The second-order valence-corrected chi connectivity index (χ2v) is 2.35. The Morgan fingerprint density at radius 2 is 2.30 bits per heavy atom. The number of hydrogen-bond acceptors (Lipinski definition) is 3. The van der Waals surface area contributed by atoms with Crippen LogP contribution in [0.15, 0.2) is 0 Å². The molecule has 10 heavy (non-hydrogen) atoms. The first kappa shape index (κ1) is 9.70. The molecule has 0 aromatic carbocycles. The first-order chi connectivity index (χ1) is 4.34. The van der Waals surface area contributed by atoms with Gasteiger partial charge in [-0.15, -0.1) is 12.4 Å². The highest BCUT2D eigenvalue weighted by Crippen LogP contribution is 2.11. The Labute approximate surface area is 66.4 Å². The summed E-state index contributed by atoms with van der Waals surface area (Å²) in [6.45, 7) is 1.43. The molecular formula is C6H11ClN2O. The van der Waals surface area contributed by atoms with Crippen molar-refractivity contribution < 1.29 is 5.11 Å². The van der Waals surface area contributed by atoms with Crippen molar-refractivity contribution in [1.29, 1.82) is 5.26 Å². The van der Waals surface area contributed by atoms with Gasteiger partial charge in [-0.2, -0.15) is 5.26 Å². The van der Waals surface area contributed by atoms with Crippen molar-refractivity contribution in [2.24, 2.45) is 5.92 Å². The van der Waals surface area contributed by atoms with Gasteiger partial charge in [-0.1, -0.05) is 0 Å². The van der Waals surface area contributed by atoms with Crippen LogP contribution < -0.4 is 5.32 Å². The lowest BCUT2D eigenvalue weighted by molar-refractivity contribution is 0.150. The van der Waals surface area contributed by atoms with Crippen molar-refractivity contribution in [2.45, 2.75) is 12.5 Å². The van der Waals surface area contributed by atoms with Gasteiger partial charge in [-0.25, -0.2) is 0 Å². The van der Waals surface area contributed by atoms with Gasteiger partial charge in [0, 0.05) is 25.4 Å². The maximum absolute atomic E-state index is 9.11. The molecule has 0 bridgehead atoms. The Kier molecular flexibility index (Phi) is 4.37. The second kappa shape index (κ2) is 4.51. The molecule has 0 aromatic heterocycles. The normalized spacial score (nSPS) is 30.8. The number of nitrogens with zero attached hydrogens (tertiary/aromatic N) is 1. The van der Waals surface area contributed by atoms with E-state index in [2.05, 4.69) is 5.32 Å². The lowest BCUT2D eigenvalue weighted by atomic mass is 10.0. The van der Waals surface area contributed by atoms with Crippen molar-refractivity contribution in [2.75, 3.05) is 13.1 Å². The first-order valence-electron chi connectivity index (χ1n) is 3.10. The van der Waals surface area contributed by atoms with Crippen molar-refractivity contribution >= 4 is 12.4 Å². The van der Waals surface area contributed by atoms with Gasteiger partial charge >= 0.3 is 0 Å². The third kappa shape index (κ3) is 2.14. The van der Waals surface area contributed by atoms with Crippen LogP contribution >= 0.6 is 12.4 Å². The SMILES string of the molecule is Cl.N#CCC1CNCC1O. The van der Waals surface area contributed by atoms with Crippen LogP contribution in [0.2, 0.25) is 0 Å². The van der Waals surface area contributed by atoms with E-state index in [1.807, 2.05) is 6.07 Å². The van der Waals surface area contributed by atoms with E-state index in [0.717, 1.165) is 6.54 Å². The number of aliphatic hydroxyl groups is 1. The molecule has 4 heteroatoms. The number of halogens is 1. The molecule has 1 heterocycles. The molecule has 0 amide bonds. The molecule has 1 aliphatic heterocycles. The summed E-state index contributed by atoms with van der Waals surface area (Å²) >= 11 is 0. The molecule has 58 valence electrons. The summed E-state index contributed by atoms with van der Waals surface area (Å²) in [5.41, 5.74) is 0. The van der Waals surface area contributed by atoms with Crippen LogP contribution in [-0.2, 0) is 0 Å². The Hall–Kier alpha value is -0.300. The minimum atomic E-state index is -0.301. The summed E-state index contributed by atoms with van der Waals surface area (Å²) in [6, 6.07) is 2.04. The summed E-state index contributed by atoms with van der Waals surface area (Å²) in [4.78, 5) is 0. The van der Waals surface area contributed by atoms with E-state index in [0.29, 0.717) is 13.0 Å². The summed E-state index contributed by atoms with van der Waals surface area (Å²) in [7, 11) is 0. The molecule has 2 unspecified atom stereocenters. The Bertz CT molecular complexity index is 134. The highest BCUT2D eigenvalue weighted by atomic mass is 35.5. The predicted octanol–water partition coefficient (Wildman–Crippen LogP) is -0.0978. The fraction of sp³-hybridized carbons (Fsp3) is 0.833. The van der Waals surface area contributed by atoms with Crippen LogP contribution in [0.1, 0.15) is 6.42 Å². The largest absolute Gasteiger partial charge is 0.391 e. The minimum Gasteiger partial charge on any atom is -0.391 e. The van der Waals surface area contributed by atoms with Gasteiger partial charge in [0.15, 0.2) is 0 Å². The van der Waals surface area contributed by atoms with Crippen LogP contribution in [0.4, 0.5) is 0 Å². The van der Waals surface area contributed by atoms with E-state index in [1.54, 1.807) is 0 Å². The van der Waals surface area contributed by atoms with E-state index >= 15 is 0 Å². The molecule has 0 aliphatic carbocycles. The van der Waals surface area contributed by atoms with Crippen molar-refractivity contribution in [1.82, 2.24) is 5.32 Å². The van der Waals surface area contributed by atoms with Crippen molar-refractivity contribution in [3.8, 4) is 6.07 Å². The fourth-order valence-electron chi connectivity index (χ4n) is 1.04. The molecule has 0 saturated carbocycles. The predicted molar refractivity (Wildman–Crippen MR) is 39.8 cm³/mol. The second-order valence-electron chi connectivity index (χ2n) is 2.35. The van der Waals surface area contributed by atoms with Gasteiger partial charge in [0.1, 0.15) is 0 Å². The average molecular weight is 163 g/mol. The molecule has 0 radical (unpaired) electrons. The summed E-state index contributed by atoms with van der Waals surface area (Å²) in [5, 5.41) is 20.4. The van der Waals surface area contributed by atoms with Crippen LogP contribution in [-0.4, -0.2) is 24.3 Å². The number of aliphatic hydroxyl groups excluding tert-OH is 1. The molecule has 0 spiro atoms. The zero-order valence-corrected chi connectivity index (χ0v) is 6.40. The molecule has 3 nitrogen and oxygen atoms in total. The maximum atomic E-state index is 9.11. The summed E-state index contributed by atoms with van der Waals surface area (Å²) < 4.78 is 0. The topological polar surface area (TPSA) is 56.0 Å². The van der Waals surface area contributed by atoms with Gasteiger partial charge in [-0.05, 0) is 0 Å². The number of β-amino-alcohol motifs (C(OH)–C–C–N with tert-alkyl or cyclic N) is 1. The molecule has 1 saturated heterocycles. The zero-order valence-electron chi connectivity index (χ0n) is 5.58. The van der Waals surface area contributed by atoms with Crippen LogP contribution in [0.5, 0.6) is 0 Å². The minimum absolute atomic E-state index is 0. The van der Waals surface area contributed by atoms with Crippen LogP contribution in [0.3, 0.4) is 0 Å². The molecule has 2 N–H and O–H groups in total. The summed E-state index contributed by atoms with van der Waals surface area (Å²) in [6.07, 6.45) is 0.165. The smallest absolute Gasteiger partial charge is 0.0714 e. The zero-order chi connectivity index (χ0) is 6.69. The third-order valence-corrected chi connectivity index (χ3v) is 1.66. The van der Waals surface area contributed by atoms with Gasteiger partial charge < -0.3 is 10.4 Å². The van der Waals surface area contributed by atoms with E-state index in [4.69, 9.17) is 10.4 Å². The Morgan fingerprint density at radius 3 is 2.70 bits per heavy atom. The standard InChI is InChI=1S/C6H10N2O.ClH/c7-2-1-5-3-8-4-6(5)9;/h5-6,8-9H,1,3-4H2;1H. The molecule has 0 aromatic rings. The molecule has 1 rings (SSSR count). The fourth-order valence-corrected chi connectivity index (χ4v) is 1.04. The van der Waals surface area contributed by atoms with Gasteiger partial charge in [0.2, 0.25) is 0 Å². The first-order valence-corrected chi connectivity index (χ1v) is 3.10. The molecule has 1 fully saturated rings. The number of nitrogens with one attached hydrogen (secondary N) is 1. The van der Waals surface area contributed by atoms with Gasteiger partial charge in [-0.3, -0.25) is 0 Å². The molecule has 2 atom stereocenters. The van der Waals surface area contributed by atoms with Crippen LogP contribution in [0, 0.1) is 17.2 Å². The van der Waals surface area contributed by atoms with E-state index in [9.17, 15) is 0 Å². The van der Waals surface area contributed by atoms with Gasteiger partial charge in [0.05, 0.1) is 12.2 Å². The highest BCUT2D eigenvalue weighted by molar-refractivity contribution is 5.85. The lowest BCUT2D eigenvalue weighted by Crippen LogP contribution is -2.16. The Balaban J connectivity index is 0.000000810. The number of rotatable bonds is 1. The maximum Gasteiger partial charge on any atom is 0.0714 e. The molecule has 1 aliphatic rings. The van der Waals surface area contributed by atoms with Crippen molar-refractivity contribution in [3.05, 3.63) is 0 Å². The third-order valence-electron chi connectivity index (χ3n) is 1.66. The highest BCUT2D eigenvalue weighted by Gasteiger charge is 2.23. The van der Waals surface area contributed by atoms with Crippen LogP contribution in [0.25, 0.3) is 0 Å². The quantitative estimate of drug-likeness (QED) is 0.567. The number of hydrogen-bond donors (Lipinski definition) is 2. The molecular weight excluding hydrogens is 152 g/mol. The van der Waals surface area contributed by atoms with Crippen molar-refractivity contribution in [3.63, 3.8) is 0 Å². The van der Waals surface area contributed by atoms with Gasteiger partial charge in [0.25, 0.3) is 0 Å². The van der Waals surface area contributed by atoms with E-state index in [-0.39, 0.29) is 24.4 Å². The Morgan fingerprint density at radius 1 is 1.60 bits per heavy atom. The monoisotopic (exact) mass is 162 g/mol. The lowest BCUT2D eigenvalue weighted by Gasteiger charge is -2.06. The summed E-state index contributed by atoms with van der Waals surface area (Å²) in [5.74, 6) is 0.162. The van der Waals surface area contributed by atoms with E-state index < -0.39 is 0 Å². The number of nitriles is 1.